The monoisotopic (exact) mass is 441 g/mol. The molecule has 3 aromatic rings. The second-order valence-electron chi connectivity index (χ2n) is 9.37. The summed E-state index contributed by atoms with van der Waals surface area (Å²) in [6.45, 7) is 7.29. The lowest BCUT2D eigenvalue weighted by Crippen LogP contribution is -2.42. The number of hydrogen-bond acceptors (Lipinski definition) is 5. The molecule has 8 nitrogen and oxygen atoms in total. The van der Waals surface area contributed by atoms with Crippen LogP contribution in [0.5, 0.6) is 0 Å². The molecule has 32 heavy (non-hydrogen) atoms. The molecule has 0 bridgehead atoms. The van der Waals surface area contributed by atoms with Gasteiger partial charge in [-0.1, -0.05) is 6.92 Å². The molecule has 2 unspecified atom stereocenters. The number of amides is 1. The van der Waals surface area contributed by atoms with E-state index in [1.165, 1.54) is 6.07 Å². The van der Waals surface area contributed by atoms with Crippen molar-refractivity contribution in [1.29, 1.82) is 0 Å². The van der Waals surface area contributed by atoms with Crippen LogP contribution in [0.1, 0.15) is 49.0 Å². The number of carbonyl (C=O) groups excluding carboxylic acids is 2. The summed E-state index contributed by atoms with van der Waals surface area (Å²) in [6.07, 6.45) is 4.65. The molecule has 1 aliphatic heterocycles. The fraction of sp³-hybridized carbons (Fsp3) is 0.522. The first-order chi connectivity index (χ1) is 15.3. The van der Waals surface area contributed by atoms with Crippen LogP contribution in [0.15, 0.2) is 18.3 Å². The van der Waals surface area contributed by atoms with E-state index in [2.05, 4.69) is 21.9 Å². The van der Waals surface area contributed by atoms with Crippen molar-refractivity contribution in [3.63, 3.8) is 0 Å². The molecular weight excluding hydrogens is 413 g/mol. The van der Waals surface area contributed by atoms with Gasteiger partial charge in [-0.25, -0.2) is 8.91 Å². The number of halogens is 1. The summed E-state index contributed by atoms with van der Waals surface area (Å²) in [5.41, 5.74) is 8.32. The average Bonchev–Trinajstić information content (AvgIpc) is 3.24. The Morgan fingerprint density at radius 2 is 2.09 bits per heavy atom. The molecule has 1 amide bonds. The first kappa shape index (κ1) is 20.9. The summed E-state index contributed by atoms with van der Waals surface area (Å²) < 4.78 is 20.8. The number of likely N-dealkylation sites (tertiary alicyclic amines) is 1. The number of hydrogen-bond donors (Lipinski definition) is 2. The highest BCUT2D eigenvalue weighted by Crippen LogP contribution is 2.43. The molecular formula is C23H28FN5O3. The zero-order valence-corrected chi connectivity index (χ0v) is 18.4. The number of H-pyrrole nitrogens is 1. The number of piperidine rings is 1. The van der Waals surface area contributed by atoms with Crippen molar-refractivity contribution in [3.05, 3.63) is 35.3 Å². The van der Waals surface area contributed by atoms with E-state index in [0.29, 0.717) is 23.6 Å². The maximum Gasteiger partial charge on any atom is 0.309 e. The Kier molecular flexibility index (Phi) is 4.96. The van der Waals surface area contributed by atoms with Crippen LogP contribution < -0.4 is 5.73 Å². The Hall–Kier alpha value is -2.94. The number of benzene rings is 1. The van der Waals surface area contributed by atoms with Crippen LogP contribution in [0.2, 0.25) is 0 Å². The minimum Gasteiger partial charge on any atom is -0.466 e. The van der Waals surface area contributed by atoms with Gasteiger partial charge in [-0.2, -0.15) is 5.10 Å². The third-order valence-corrected chi connectivity index (χ3v) is 7.19. The number of primary amides is 1. The van der Waals surface area contributed by atoms with Crippen LogP contribution in [0, 0.1) is 17.7 Å². The average molecular weight is 442 g/mol. The van der Waals surface area contributed by atoms with Crippen molar-refractivity contribution in [3.8, 4) is 0 Å². The Morgan fingerprint density at radius 3 is 2.78 bits per heavy atom. The van der Waals surface area contributed by atoms with E-state index in [0.717, 1.165) is 56.2 Å². The lowest BCUT2D eigenvalue weighted by Gasteiger charge is -2.39. The van der Waals surface area contributed by atoms with Gasteiger partial charge in [0.1, 0.15) is 17.0 Å². The van der Waals surface area contributed by atoms with Crippen molar-refractivity contribution < 1.29 is 18.7 Å². The van der Waals surface area contributed by atoms with Crippen molar-refractivity contribution in [1.82, 2.24) is 19.5 Å². The van der Waals surface area contributed by atoms with E-state index in [1.54, 1.807) is 4.52 Å². The highest BCUT2D eigenvalue weighted by atomic mass is 19.1. The van der Waals surface area contributed by atoms with Gasteiger partial charge in [0, 0.05) is 17.5 Å². The van der Waals surface area contributed by atoms with Crippen LogP contribution >= 0.6 is 0 Å². The number of carbonyl (C=O) groups is 2. The predicted molar refractivity (Wildman–Crippen MR) is 117 cm³/mol. The van der Waals surface area contributed by atoms with Crippen molar-refractivity contribution in [2.75, 3.05) is 26.2 Å². The largest absolute Gasteiger partial charge is 0.466 e. The number of nitrogens with zero attached hydrogens (tertiary/aromatic N) is 3. The topological polar surface area (TPSA) is 106 Å². The molecule has 2 fully saturated rings. The first-order valence-electron chi connectivity index (χ1n) is 11.2. The minimum atomic E-state index is -0.687. The van der Waals surface area contributed by atoms with E-state index >= 15 is 0 Å². The van der Waals surface area contributed by atoms with E-state index in [1.807, 2.05) is 13.1 Å². The van der Waals surface area contributed by atoms with Crippen molar-refractivity contribution in [2.45, 2.75) is 38.5 Å². The zero-order valence-electron chi connectivity index (χ0n) is 18.4. The maximum atomic E-state index is 14.0. The molecule has 1 aromatic carbocycles. The molecule has 1 aliphatic carbocycles. The number of imidazole rings is 1. The quantitative estimate of drug-likeness (QED) is 0.572. The number of fused-ring (bicyclic) bond motifs is 3. The van der Waals surface area contributed by atoms with Gasteiger partial charge in [0.05, 0.1) is 29.8 Å². The van der Waals surface area contributed by atoms with E-state index in [9.17, 15) is 14.0 Å². The minimum absolute atomic E-state index is 0.0600. The van der Waals surface area contributed by atoms with Gasteiger partial charge < -0.3 is 20.4 Å². The molecule has 1 saturated carbocycles. The molecule has 2 atom stereocenters. The Morgan fingerprint density at radius 1 is 1.34 bits per heavy atom. The summed E-state index contributed by atoms with van der Waals surface area (Å²) in [4.78, 5) is 29.5. The molecule has 2 aliphatic rings. The molecule has 0 radical (unpaired) electrons. The van der Waals surface area contributed by atoms with E-state index in [-0.39, 0.29) is 22.9 Å². The van der Waals surface area contributed by atoms with Crippen molar-refractivity contribution in [2.24, 2.45) is 17.6 Å². The highest BCUT2D eigenvalue weighted by molar-refractivity contribution is 6.05. The van der Waals surface area contributed by atoms with E-state index in [4.69, 9.17) is 10.5 Å². The predicted octanol–water partition coefficient (Wildman–Crippen LogP) is 2.61. The van der Waals surface area contributed by atoms with Gasteiger partial charge >= 0.3 is 5.97 Å². The van der Waals surface area contributed by atoms with Crippen molar-refractivity contribution >= 4 is 28.6 Å². The second-order valence-corrected chi connectivity index (χ2v) is 9.37. The maximum absolute atomic E-state index is 14.0. The zero-order chi connectivity index (χ0) is 22.6. The number of aromatic amines is 1. The van der Waals surface area contributed by atoms with E-state index < -0.39 is 11.7 Å². The van der Waals surface area contributed by atoms with Crippen LogP contribution in [0.4, 0.5) is 4.39 Å². The molecule has 0 spiro atoms. The molecule has 2 aromatic heterocycles. The Balaban J connectivity index is 1.34. The van der Waals surface area contributed by atoms with Gasteiger partial charge in [0.2, 0.25) is 0 Å². The number of aromatic nitrogens is 3. The Bertz CT molecular complexity index is 1210. The second kappa shape index (κ2) is 7.58. The van der Waals surface area contributed by atoms with Gasteiger partial charge in [-0.15, -0.1) is 0 Å². The summed E-state index contributed by atoms with van der Waals surface area (Å²) in [5.74, 6) is -0.805. The molecule has 1 saturated heterocycles. The summed E-state index contributed by atoms with van der Waals surface area (Å²) in [6, 6.07) is 2.52. The Labute approximate surface area is 184 Å². The molecule has 3 N–H and O–H groups in total. The van der Waals surface area contributed by atoms with Crippen LogP contribution in [0.25, 0.3) is 16.7 Å². The van der Waals surface area contributed by atoms with Crippen LogP contribution in [-0.2, 0) is 14.9 Å². The van der Waals surface area contributed by atoms with Gasteiger partial charge in [-0.3, -0.25) is 9.59 Å². The summed E-state index contributed by atoms with van der Waals surface area (Å²) in [7, 11) is 0. The van der Waals surface area contributed by atoms with Gasteiger partial charge in [-0.05, 0) is 57.3 Å². The third kappa shape index (κ3) is 3.44. The summed E-state index contributed by atoms with van der Waals surface area (Å²) >= 11 is 0. The molecule has 3 heterocycles. The smallest absolute Gasteiger partial charge is 0.309 e. The number of nitrogens with one attached hydrogen (secondary N) is 1. The lowest BCUT2D eigenvalue weighted by atomic mass is 9.75. The molecule has 170 valence electrons. The van der Waals surface area contributed by atoms with Crippen LogP contribution in [0.3, 0.4) is 0 Å². The summed E-state index contributed by atoms with van der Waals surface area (Å²) in [5, 5.41) is 4.51. The third-order valence-electron chi connectivity index (χ3n) is 7.19. The van der Waals surface area contributed by atoms with Crippen LogP contribution in [-0.4, -0.2) is 57.6 Å². The lowest BCUT2D eigenvalue weighted by molar-refractivity contribution is -0.145. The fourth-order valence-corrected chi connectivity index (χ4v) is 5.14. The number of nitrogens with two attached hydrogens (primary N) is 1. The number of rotatable bonds is 6. The standard InChI is InChI=1S/C23H28FN5O3/c1-3-32-22(31)15-8-13(15)12-28-6-4-23(2,5-7-28)17-11-26-29-19-16(20(25)30)9-14(24)10-18(19)27-21(17)29/h9-11,13,15,27H,3-8,12H2,1-2H3,(H2,25,30). The highest BCUT2D eigenvalue weighted by Gasteiger charge is 2.45. The first-order valence-corrected chi connectivity index (χ1v) is 11.2. The normalized spacial score (nSPS) is 23.0. The fourth-order valence-electron chi connectivity index (χ4n) is 5.14. The number of ether oxygens (including phenoxy) is 1. The SMILES string of the molecule is CCOC(=O)C1CC1CN1CCC(C)(c2cnn3c2[nH]c2cc(F)cc(C(N)=O)c23)CC1. The van der Waals surface area contributed by atoms with Gasteiger partial charge in [0.25, 0.3) is 5.91 Å². The van der Waals surface area contributed by atoms with Gasteiger partial charge in [0.15, 0.2) is 0 Å². The molecule has 5 rings (SSSR count). The number of esters is 1. The molecule has 9 heteroatoms.